The Morgan fingerprint density at radius 1 is 0.975 bits per heavy atom. The first-order valence-corrected chi connectivity index (χ1v) is 13.5. The molecular weight excluding hydrogens is 514 g/mol. The maximum absolute atomic E-state index is 13.6. The molecule has 6 amide bonds. The van der Waals surface area contributed by atoms with Crippen molar-refractivity contribution in [3.8, 4) is 0 Å². The van der Waals surface area contributed by atoms with E-state index in [0.717, 1.165) is 35.3 Å². The molecule has 2 aliphatic rings. The van der Waals surface area contributed by atoms with Crippen molar-refractivity contribution in [2.24, 2.45) is 0 Å². The van der Waals surface area contributed by atoms with Crippen LogP contribution in [-0.4, -0.2) is 62.9 Å². The van der Waals surface area contributed by atoms with Crippen molar-refractivity contribution in [3.05, 3.63) is 59.7 Å². The molecule has 1 saturated heterocycles. The molecule has 2 aromatic rings. The van der Waals surface area contributed by atoms with Gasteiger partial charge in [0.15, 0.2) is 0 Å². The Hall–Kier alpha value is -4.41. The van der Waals surface area contributed by atoms with Gasteiger partial charge >= 0.3 is 18.0 Å². The average Bonchev–Trinajstić information content (AvgIpc) is 3.07. The Kier molecular flexibility index (Phi) is 8.71. The molecule has 0 bridgehead atoms. The number of nitrogens with one attached hydrogen (secondary N) is 3. The van der Waals surface area contributed by atoms with E-state index in [9.17, 15) is 24.0 Å². The Labute approximate surface area is 232 Å². The van der Waals surface area contributed by atoms with E-state index in [2.05, 4.69) is 16.0 Å². The van der Waals surface area contributed by atoms with Gasteiger partial charge in [-0.05, 0) is 56.0 Å². The number of amides is 6. The van der Waals surface area contributed by atoms with Gasteiger partial charge in [-0.2, -0.15) is 0 Å². The highest BCUT2D eigenvalue weighted by Crippen LogP contribution is 2.41. The van der Waals surface area contributed by atoms with E-state index in [-0.39, 0.29) is 24.9 Å². The molecule has 4 N–H and O–H groups in total. The standard InChI is InChI=1S/C29H35N5O6/c1-19-8-4-5-9-23(19)32-27(39)31-22-12-10-21(11-13-22)17-34-28(40)33(18-24(35)30-20(2)16-25(36)37)26(38)29(34)14-6-3-7-15-29/h4-5,8-13,20H,3,6-7,14-18H2,1-2H3,(H,30,35)(H,36,37)(H2,31,32,39)/t20-/m1/s1. The van der Waals surface area contributed by atoms with Gasteiger partial charge in [0.2, 0.25) is 5.91 Å². The lowest BCUT2D eigenvalue weighted by atomic mass is 9.80. The van der Waals surface area contributed by atoms with Crippen LogP contribution in [0.15, 0.2) is 48.5 Å². The summed E-state index contributed by atoms with van der Waals surface area (Å²) < 4.78 is 0. The van der Waals surface area contributed by atoms with E-state index in [1.165, 1.54) is 0 Å². The second kappa shape index (κ2) is 12.2. The molecule has 2 fully saturated rings. The van der Waals surface area contributed by atoms with Crippen molar-refractivity contribution in [2.75, 3.05) is 17.2 Å². The topological polar surface area (TPSA) is 148 Å². The number of para-hydroxylation sites is 1. The van der Waals surface area contributed by atoms with Crippen molar-refractivity contribution in [2.45, 2.75) is 70.5 Å². The van der Waals surface area contributed by atoms with Gasteiger partial charge in [0.25, 0.3) is 5.91 Å². The number of hydrogen-bond donors (Lipinski definition) is 4. The SMILES string of the molecule is Cc1ccccc1NC(=O)Nc1ccc(CN2C(=O)N(CC(=O)N[C@H](C)CC(=O)O)C(=O)C23CCCCC3)cc1. The summed E-state index contributed by atoms with van der Waals surface area (Å²) in [5.74, 6) is -2.02. The van der Waals surface area contributed by atoms with Gasteiger partial charge in [0.1, 0.15) is 12.1 Å². The van der Waals surface area contributed by atoms with E-state index in [0.29, 0.717) is 24.2 Å². The summed E-state index contributed by atoms with van der Waals surface area (Å²) in [4.78, 5) is 65.6. The summed E-state index contributed by atoms with van der Waals surface area (Å²) in [5.41, 5.74) is 1.99. The summed E-state index contributed by atoms with van der Waals surface area (Å²) in [6, 6.07) is 13.0. The normalized spacial score (nSPS) is 17.1. The molecule has 11 heteroatoms. The van der Waals surface area contributed by atoms with Gasteiger partial charge in [-0.15, -0.1) is 0 Å². The summed E-state index contributed by atoms with van der Waals surface area (Å²) in [5, 5.41) is 17.1. The molecular formula is C29H35N5O6. The predicted molar refractivity (Wildman–Crippen MR) is 149 cm³/mol. The number of aliphatic carboxylic acids is 1. The fraction of sp³-hybridized carbons (Fsp3) is 0.414. The van der Waals surface area contributed by atoms with E-state index < -0.39 is 36.0 Å². The van der Waals surface area contributed by atoms with Crippen LogP contribution in [0.4, 0.5) is 21.0 Å². The number of nitrogens with zero attached hydrogens (tertiary/aromatic N) is 2. The van der Waals surface area contributed by atoms with Crippen molar-refractivity contribution in [3.63, 3.8) is 0 Å². The third-order valence-corrected chi connectivity index (χ3v) is 7.44. The number of urea groups is 2. The Morgan fingerprint density at radius 3 is 2.30 bits per heavy atom. The molecule has 1 aliphatic carbocycles. The number of imide groups is 1. The maximum Gasteiger partial charge on any atom is 0.328 e. The molecule has 1 heterocycles. The number of hydrogen-bond acceptors (Lipinski definition) is 5. The molecule has 1 saturated carbocycles. The molecule has 212 valence electrons. The number of rotatable bonds is 9. The van der Waals surface area contributed by atoms with Crippen LogP contribution in [0.1, 0.15) is 56.6 Å². The van der Waals surface area contributed by atoms with Crippen LogP contribution in [0.3, 0.4) is 0 Å². The smallest absolute Gasteiger partial charge is 0.328 e. The first-order valence-electron chi connectivity index (χ1n) is 13.5. The third-order valence-electron chi connectivity index (χ3n) is 7.44. The van der Waals surface area contributed by atoms with E-state index in [1.54, 1.807) is 36.1 Å². The van der Waals surface area contributed by atoms with Crippen molar-refractivity contribution in [1.82, 2.24) is 15.1 Å². The largest absolute Gasteiger partial charge is 0.481 e. The average molecular weight is 550 g/mol. The predicted octanol–water partition coefficient (Wildman–Crippen LogP) is 4.09. The van der Waals surface area contributed by atoms with Crippen LogP contribution in [0, 0.1) is 6.92 Å². The highest BCUT2D eigenvalue weighted by Gasteiger charge is 2.57. The molecule has 40 heavy (non-hydrogen) atoms. The maximum atomic E-state index is 13.6. The van der Waals surface area contributed by atoms with Gasteiger partial charge in [-0.3, -0.25) is 19.3 Å². The van der Waals surface area contributed by atoms with Crippen LogP contribution in [0.5, 0.6) is 0 Å². The molecule has 11 nitrogen and oxygen atoms in total. The van der Waals surface area contributed by atoms with Crippen molar-refractivity contribution < 1.29 is 29.1 Å². The number of anilines is 2. The molecule has 1 atom stereocenters. The Balaban J connectivity index is 1.44. The minimum absolute atomic E-state index is 0.174. The van der Waals surface area contributed by atoms with Gasteiger partial charge in [0.05, 0.1) is 6.42 Å². The zero-order chi connectivity index (χ0) is 28.9. The molecule has 0 radical (unpaired) electrons. The number of aryl methyl sites for hydroxylation is 1. The van der Waals surface area contributed by atoms with Crippen LogP contribution in [0.2, 0.25) is 0 Å². The fourth-order valence-corrected chi connectivity index (χ4v) is 5.41. The minimum atomic E-state index is -1.05. The van der Waals surface area contributed by atoms with Crippen molar-refractivity contribution in [1.29, 1.82) is 0 Å². The second-order valence-corrected chi connectivity index (χ2v) is 10.5. The lowest BCUT2D eigenvalue weighted by Gasteiger charge is -2.38. The van der Waals surface area contributed by atoms with Gasteiger partial charge in [0, 0.05) is 24.0 Å². The summed E-state index contributed by atoms with van der Waals surface area (Å²) in [7, 11) is 0. The van der Waals surface area contributed by atoms with Gasteiger partial charge in [-0.25, -0.2) is 9.59 Å². The van der Waals surface area contributed by atoms with Crippen LogP contribution >= 0.6 is 0 Å². The highest BCUT2D eigenvalue weighted by atomic mass is 16.4. The number of carboxylic acid groups (broad SMARTS) is 1. The Bertz CT molecular complexity index is 1290. The number of carbonyl (C=O) groups is 5. The first kappa shape index (κ1) is 28.6. The highest BCUT2D eigenvalue weighted by molar-refractivity contribution is 6.09. The van der Waals surface area contributed by atoms with Crippen LogP contribution in [0.25, 0.3) is 0 Å². The summed E-state index contributed by atoms with van der Waals surface area (Å²) in [6.07, 6.45) is 3.33. The second-order valence-electron chi connectivity index (χ2n) is 10.5. The Morgan fingerprint density at radius 2 is 1.65 bits per heavy atom. The first-order chi connectivity index (χ1) is 19.1. The number of carboxylic acids is 1. The van der Waals surface area contributed by atoms with Gasteiger partial charge in [-0.1, -0.05) is 49.6 Å². The van der Waals surface area contributed by atoms with Gasteiger partial charge < -0.3 is 26.0 Å². The monoisotopic (exact) mass is 549 g/mol. The van der Waals surface area contributed by atoms with E-state index in [1.807, 2.05) is 31.2 Å². The molecule has 2 aromatic carbocycles. The summed E-state index contributed by atoms with van der Waals surface area (Å²) in [6.45, 7) is 3.17. The minimum Gasteiger partial charge on any atom is -0.481 e. The number of carbonyl (C=O) groups excluding carboxylic acids is 4. The lowest BCUT2D eigenvalue weighted by Crippen LogP contribution is -2.51. The molecule has 4 rings (SSSR count). The fourth-order valence-electron chi connectivity index (χ4n) is 5.41. The summed E-state index contributed by atoms with van der Waals surface area (Å²) >= 11 is 0. The lowest BCUT2D eigenvalue weighted by molar-refractivity contribution is -0.139. The van der Waals surface area contributed by atoms with Crippen LogP contribution < -0.4 is 16.0 Å². The molecule has 1 spiro atoms. The molecule has 0 unspecified atom stereocenters. The van der Waals surface area contributed by atoms with E-state index in [4.69, 9.17) is 5.11 Å². The van der Waals surface area contributed by atoms with E-state index >= 15 is 0 Å². The molecule has 1 aliphatic heterocycles. The van der Waals surface area contributed by atoms with Crippen LogP contribution in [-0.2, 0) is 20.9 Å². The van der Waals surface area contributed by atoms with Crippen molar-refractivity contribution >= 4 is 41.2 Å². The third kappa shape index (κ3) is 6.41. The quantitative estimate of drug-likeness (QED) is 0.346. The zero-order valence-electron chi connectivity index (χ0n) is 22.7. The molecule has 0 aromatic heterocycles. The number of benzene rings is 2. The zero-order valence-corrected chi connectivity index (χ0v) is 22.7.